The van der Waals surface area contributed by atoms with Crippen molar-refractivity contribution in [2.45, 2.75) is 13.0 Å². The number of carbonyl (C=O) groups excluding carboxylic acids is 1. The summed E-state index contributed by atoms with van der Waals surface area (Å²) >= 11 is 0. The molecule has 3 nitrogen and oxygen atoms in total. The van der Waals surface area contributed by atoms with Crippen LogP contribution in [0, 0.1) is 17.5 Å². The number of benzene rings is 2. The van der Waals surface area contributed by atoms with E-state index in [1.54, 1.807) is 0 Å². The summed E-state index contributed by atoms with van der Waals surface area (Å²) in [6, 6.07) is 9.74. The monoisotopic (exact) mass is 344 g/mol. The molecular weight excluding hydrogens is 329 g/mol. The van der Waals surface area contributed by atoms with E-state index in [-0.39, 0.29) is 0 Å². The van der Waals surface area contributed by atoms with Gasteiger partial charge in [0.1, 0.15) is 0 Å². The zero-order valence-electron chi connectivity index (χ0n) is 13.5. The molecule has 0 saturated heterocycles. The Morgan fingerprint density at radius 3 is 2.60 bits per heavy atom. The van der Waals surface area contributed by atoms with E-state index in [2.05, 4.69) is 0 Å². The van der Waals surface area contributed by atoms with Crippen molar-refractivity contribution in [2.75, 3.05) is 6.54 Å². The van der Waals surface area contributed by atoms with Crippen molar-refractivity contribution in [2.24, 2.45) is 7.05 Å². The Kier molecular flexibility index (Phi) is 3.56. The highest BCUT2D eigenvalue weighted by molar-refractivity contribution is 5.95. The Morgan fingerprint density at radius 2 is 1.80 bits per heavy atom. The molecule has 1 aromatic heterocycles. The maximum Gasteiger partial charge on any atom is 0.257 e. The molecule has 0 atom stereocenters. The normalized spacial score (nSPS) is 14.0. The van der Waals surface area contributed by atoms with Gasteiger partial charge in [-0.05, 0) is 30.2 Å². The van der Waals surface area contributed by atoms with Crippen molar-refractivity contribution >= 4 is 16.8 Å². The lowest BCUT2D eigenvalue weighted by Crippen LogP contribution is -2.37. The van der Waals surface area contributed by atoms with E-state index in [4.69, 9.17) is 0 Å². The van der Waals surface area contributed by atoms with Crippen LogP contribution < -0.4 is 0 Å². The summed E-state index contributed by atoms with van der Waals surface area (Å²) < 4.78 is 42.5. The maximum absolute atomic E-state index is 13.9. The topological polar surface area (TPSA) is 25.2 Å². The minimum atomic E-state index is -1.62. The molecule has 0 radical (unpaired) electrons. The first-order valence-electron chi connectivity index (χ1n) is 7.97. The van der Waals surface area contributed by atoms with E-state index < -0.39 is 28.9 Å². The zero-order chi connectivity index (χ0) is 17.7. The molecule has 2 heterocycles. The van der Waals surface area contributed by atoms with Crippen molar-refractivity contribution in [3.8, 4) is 0 Å². The maximum atomic E-state index is 13.9. The lowest BCUT2D eigenvalue weighted by molar-refractivity contribution is 0.0725. The molecule has 0 saturated carbocycles. The van der Waals surface area contributed by atoms with E-state index >= 15 is 0 Å². The van der Waals surface area contributed by atoms with Gasteiger partial charge in [-0.15, -0.1) is 0 Å². The number of hydrogen-bond acceptors (Lipinski definition) is 1. The molecular formula is C19H15F3N2O. The lowest BCUT2D eigenvalue weighted by atomic mass is 10.0. The van der Waals surface area contributed by atoms with Crippen LogP contribution in [0.1, 0.15) is 21.6 Å². The number of nitrogens with zero attached hydrogens (tertiary/aromatic N) is 2. The van der Waals surface area contributed by atoms with Gasteiger partial charge >= 0.3 is 0 Å². The molecule has 1 aliphatic rings. The predicted octanol–water partition coefficient (Wildman–Crippen LogP) is 3.79. The van der Waals surface area contributed by atoms with Crippen molar-refractivity contribution < 1.29 is 18.0 Å². The van der Waals surface area contributed by atoms with Gasteiger partial charge in [-0.2, -0.15) is 0 Å². The summed E-state index contributed by atoms with van der Waals surface area (Å²) in [6.45, 7) is 0.704. The molecule has 25 heavy (non-hydrogen) atoms. The van der Waals surface area contributed by atoms with Crippen LogP contribution in [0.15, 0.2) is 36.4 Å². The fraction of sp³-hybridized carbons (Fsp3) is 0.211. The number of hydrogen-bond donors (Lipinski definition) is 0. The SMILES string of the molecule is Cn1c2c(c3ccccc31)CCN(C(=O)c1ccc(F)c(F)c1F)C2. The van der Waals surface area contributed by atoms with Gasteiger partial charge in [-0.3, -0.25) is 4.79 Å². The lowest BCUT2D eigenvalue weighted by Gasteiger charge is -2.28. The minimum absolute atomic E-state index is 0.303. The van der Waals surface area contributed by atoms with Gasteiger partial charge in [0.15, 0.2) is 17.5 Å². The molecule has 0 spiro atoms. The molecule has 4 rings (SSSR count). The zero-order valence-corrected chi connectivity index (χ0v) is 13.5. The minimum Gasteiger partial charge on any atom is -0.346 e. The summed E-state index contributed by atoms with van der Waals surface area (Å²) in [5, 5.41) is 1.14. The Labute approximate surface area is 142 Å². The van der Waals surface area contributed by atoms with Crippen LogP contribution in [-0.2, 0) is 20.0 Å². The van der Waals surface area contributed by atoms with Crippen LogP contribution in [-0.4, -0.2) is 21.9 Å². The number of halogens is 3. The third kappa shape index (κ3) is 2.32. The fourth-order valence-electron chi connectivity index (χ4n) is 3.55. The van der Waals surface area contributed by atoms with E-state index in [1.165, 1.54) is 10.5 Å². The molecule has 1 amide bonds. The number of rotatable bonds is 1. The first kappa shape index (κ1) is 15.7. The highest BCUT2D eigenvalue weighted by Crippen LogP contribution is 2.30. The number of para-hydroxylation sites is 1. The van der Waals surface area contributed by atoms with Gasteiger partial charge in [0.2, 0.25) is 0 Å². The summed E-state index contributed by atoms with van der Waals surface area (Å²) in [4.78, 5) is 14.1. The van der Waals surface area contributed by atoms with Crippen LogP contribution in [0.5, 0.6) is 0 Å². The Balaban J connectivity index is 1.71. The van der Waals surface area contributed by atoms with Crippen molar-refractivity contribution in [1.82, 2.24) is 9.47 Å². The Bertz CT molecular complexity index is 1010. The number of amides is 1. The van der Waals surface area contributed by atoms with Gasteiger partial charge < -0.3 is 9.47 Å². The van der Waals surface area contributed by atoms with Crippen molar-refractivity contribution in [1.29, 1.82) is 0 Å². The molecule has 1 aliphatic heterocycles. The summed E-state index contributed by atoms with van der Waals surface area (Å²) in [5.41, 5.74) is 2.78. The summed E-state index contributed by atoms with van der Waals surface area (Å²) in [7, 11) is 1.92. The number of aryl methyl sites for hydroxylation is 1. The number of aromatic nitrogens is 1. The van der Waals surface area contributed by atoms with Gasteiger partial charge in [0.05, 0.1) is 12.1 Å². The van der Waals surface area contributed by atoms with Crippen molar-refractivity contribution in [3.05, 3.63) is 70.7 Å². The molecule has 0 aliphatic carbocycles. The molecule has 2 aromatic carbocycles. The molecule has 0 fully saturated rings. The van der Waals surface area contributed by atoms with Crippen LogP contribution in [0.3, 0.4) is 0 Å². The molecule has 128 valence electrons. The second-order valence-electron chi connectivity index (χ2n) is 6.20. The first-order valence-corrected chi connectivity index (χ1v) is 7.97. The quantitative estimate of drug-likeness (QED) is 0.617. The third-order valence-electron chi connectivity index (χ3n) is 4.87. The number of fused-ring (bicyclic) bond motifs is 3. The fourth-order valence-corrected chi connectivity index (χ4v) is 3.55. The Hall–Kier alpha value is -2.76. The Morgan fingerprint density at radius 1 is 1.04 bits per heavy atom. The summed E-state index contributed by atoms with van der Waals surface area (Å²) in [6.07, 6.45) is 0.633. The van der Waals surface area contributed by atoms with Crippen LogP contribution in [0.2, 0.25) is 0 Å². The predicted molar refractivity (Wildman–Crippen MR) is 87.7 cm³/mol. The van der Waals surface area contributed by atoms with Gasteiger partial charge in [0, 0.05) is 30.2 Å². The number of carbonyl (C=O) groups is 1. The van der Waals surface area contributed by atoms with E-state index in [1.807, 2.05) is 35.9 Å². The average molecular weight is 344 g/mol. The van der Waals surface area contributed by atoms with Crippen molar-refractivity contribution in [3.63, 3.8) is 0 Å². The second kappa shape index (κ2) is 5.65. The largest absolute Gasteiger partial charge is 0.346 e. The summed E-state index contributed by atoms with van der Waals surface area (Å²) in [5.74, 6) is -4.99. The van der Waals surface area contributed by atoms with Gasteiger partial charge in [-0.1, -0.05) is 18.2 Å². The van der Waals surface area contributed by atoms with E-state index in [0.717, 1.165) is 28.7 Å². The van der Waals surface area contributed by atoms with Gasteiger partial charge in [-0.25, -0.2) is 13.2 Å². The van der Waals surface area contributed by atoms with E-state index in [9.17, 15) is 18.0 Å². The average Bonchev–Trinajstić information content (AvgIpc) is 2.92. The highest BCUT2D eigenvalue weighted by Gasteiger charge is 2.28. The molecule has 3 aromatic rings. The first-order chi connectivity index (χ1) is 12.0. The molecule has 6 heteroatoms. The second-order valence-corrected chi connectivity index (χ2v) is 6.20. The molecule has 0 unspecified atom stereocenters. The molecule has 0 bridgehead atoms. The van der Waals surface area contributed by atoms with Crippen LogP contribution >= 0.6 is 0 Å². The smallest absolute Gasteiger partial charge is 0.257 e. The van der Waals surface area contributed by atoms with Crippen LogP contribution in [0.4, 0.5) is 13.2 Å². The van der Waals surface area contributed by atoms with Gasteiger partial charge in [0.25, 0.3) is 5.91 Å². The highest BCUT2D eigenvalue weighted by atomic mass is 19.2. The third-order valence-corrected chi connectivity index (χ3v) is 4.87. The standard InChI is InChI=1S/C19H15F3N2O/c1-23-15-5-3-2-4-11(15)12-8-9-24(10-16(12)23)19(25)13-6-7-14(20)18(22)17(13)21/h2-7H,8-10H2,1H3. The molecule has 0 N–H and O–H groups in total. The van der Waals surface area contributed by atoms with E-state index in [0.29, 0.717) is 19.5 Å². The van der Waals surface area contributed by atoms with Crippen LogP contribution in [0.25, 0.3) is 10.9 Å².